The Labute approximate surface area is 128 Å². The first kappa shape index (κ1) is 14.8. The van der Waals surface area contributed by atoms with Crippen LogP contribution in [0.15, 0.2) is 47.4 Å². The van der Waals surface area contributed by atoms with Crippen molar-refractivity contribution < 1.29 is 9.90 Å². The molecule has 0 saturated heterocycles. The monoisotopic (exact) mass is 307 g/mol. The Bertz CT molecular complexity index is 614. The van der Waals surface area contributed by atoms with Crippen LogP contribution in [0.4, 0.5) is 0 Å². The molecule has 0 aromatic heterocycles. The molecule has 0 aliphatic rings. The number of carbonyl (C=O) groups excluding carboxylic acids is 1. The Balaban J connectivity index is 1.92. The van der Waals surface area contributed by atoms with Gasteiger partial charge in [-0.15, -0.1) is 12.6 Å². The van der Waals surface area contributed by atoms with E-state index in [4.69, 9.17) is 11.6 Å². The average molecular weight is 308 g/mol. The second-order valence-electron chi connectivity index (χ2n) is 4.34. The number of phenolic OH excluding ortho intramolecular Hbond substituents is 1. The maximum Gasteiger partial charge on any atom is 0.252 e. The summed E-state index contributed by atoms with van der Waals surface area (Å²) in [4.78, 5) is 12.7. The Hall–Kier alpha value is -1.65. The molecule has 0 spiro atoms. The molecule has 0 saturated carbocycles. The van der Waals surface area contributed by atoms with Crippen molar-refractivity contribution in [1.29, 1.82) is 0 Å². The van der Waals surface area contributed by atoms with Gasteiger partial charge in [0.15, 0.2) is 0 Å². The number of halogens is 1. The number of nitrogens with one attached hydrogen (secondary N) is 1. The molecule has 0 fully saturated rings. The highest BCUT2D eigenvalue weighted by atomic mass is 35.5. The fraction of sp³-hybridized carbons (Fsp3) is 0.133. The van der Waals surface area contributed by atoms with E-state index in [1.54, 1.807) is 30.3 Å². The molecule has 0 aliphatic heterocycles. The van der Waals surface area contributed by atoms with Crippen LogP contribution in [-0.2, 0) is 6.42 Å². The van der Waals surface area contributed by atoms with Gasteiger partial charge in [0.2, 0.25) is 0 Å². The van der Waals surface area contributed by atoms with Crippen molar-refractivity contribution in [3.8, 4) is 5.75 Å². The summed E-state index contributed by atoms with van der Waals surface area (Å²) in [6.07, 6.45) is 0.685. The molecule has 0 bridgehead atoms. The number of hydrogen-bond donors (Lipinski definition) is 3. The number of carbonyl (C=O) groups is 1. The molecule has 0 radical (unpaired) electrons. The van der Waals surface area contributed by atoms with E-state index in [9.17, 15) is 9.90 Å². The number of thiol groups is 1. The summed E-state index contributed by atoms with van der Waals surface area (Å²) in [6, 6.07) is 11.9. The van der Waals surface area contributed by atoms with Crippen LogP contribution < -0.4 is 5.32 Å². The van der Waals surface area contributed by atoms with Gasteiger partial charge in [0.25, 0.3) is 5.91 Å². The van der Waals surface area contributed by atoms with Crippen LogP contribution in [0.5, 0.6) is 5.75 Å². The summed E-state index contributed by atoms with van der Waals surface area (Å²) >= 11 is 10.2. The SMILES string of the molecule is O=C(NCCc1ccc(O)cc1)c1cc(S)ccc1Cl. The zero-order valence-corrected chi connectivity index (χ0v) is 12.3. The van der Waals surface area contributed by atoms with E-state index in [2.05, 4.69) is 17.9 Å². The number of amides is 1. The van der Waals surface area contributed by atoms with E-state index >= 15 is 0 Å². The van der Waals surface area contributed by atoms with Gasteiger partial charge in [0.05, 0.1) is 10.6 Å². The topological polar surface area (TPSA) is 49.3 Å². The second kappa shape index (κ2) is 6.68. The van der Waals surface area contributed by atoms with Gasteiger partial charge in [-0.2, -0.15) is 0 Å². The lowest BCUT2D eigenvalue weighted by Gasteiger charge is -2.07. The Morgan fingerprint density at radius 3 is 2.60 bits per heavy atom. The van der Waals surface area contributed by atoms with Gasteiger partial charge in [-0.25, -0.2) is 0 Å². The van der Waals surface area contributed by atoms with E-state index < -0.39 is 0 Å². The molecule has 0 heterocycles. The van der Waals surface area contributed by atoms with E-state index in [0.717, 1.165) is 5.56 Å². The Morgan fingerprint density at radius 1 is 1.20 bits per heavy atom. The first-order valence-corrected chi connectivity index (χ1v) is 6.93. The van der Waals surface area contributed by atoms with Crippen molar-refractivity contribution >= 4 is 30.1 Å². The van der Waals surface area contributed by atoms with Gasteiger partial charge in [0, 0.05) is 11.4 Å². The highest BCUT2D eigenvalue weighted by Gasteiger charge is 2.10. The quantitative estimate of drug-likeness (QED) is 0.759. The van der Waals surface area contributed by atoms with Gasteiger partial charge < -0.3 is 10.4 Å². The van der Waals surface area contributed by atoms with Crippen molar-refractivity contribution in [1.82, 2.24) is 5.32 Å². The van der Waals surface area contributed by atoms with Gasteiger partial charge >= 0.3 is 0 Å². The van der Waals surface area contributed by atoms with Crippen molar-refractivity contribution in [3.63, 3.8) is 0 Å². The summed E-state index contributed by atoms with van der Waals surface area (Å²) in [5, 5.41) is 12.4. The van der Waals surface area contributed by atoms with Crippen LogP contribution >= 0.6 is 24.2 Å². The lowest BCUT2D eigenvalue weighted by atomic mass is 10.1. The predicted molar refractivity (Wildman–Crippen MR) is 82.8 cm³/mol. The van der Waals surface area contributed by atoms with Gasteiger partial charge in [-0.3, -0.25) is 4.79 Å². The molecule has 2 aromatic carbocycles. The minimum atomic E-state index is -0.218. The lowest BCUT2D eigenvalue weighted by molar-refractivity contribution is 0.0954. The maximum absolute atomic E-state index is 12.0. The Kier molecular flexibility index (Phi) is 4.93. The van der Waals surface area contributed by atoms with Gasteiger partial charge in [-0.05, 0) is 42.3 Å². The van der Waals surface area contributed by atoms with E-state index in [-0.39, 0.29) is 11.7 Å². The number of benzene rings is 2. The summed E-state index contributed by atoms with van der Waals surface area (Å²) in [5.41, 5.74) is 1.46. The number of hydrogen-bond acceptors (Lipinski definition) is 3. The standard InChI is InChI=1S/C15H14ClNO2S/c16-14-6-5-12(20)9-13(14)15(19)17-8-7-10-1-3-11(18)4-2-10/h1-6,9,18,20H,7-8H2,(H,17,19). The average Bonchev–Trinajstić information content (AvgIpc) is 2.43. The van der Waals surface area contributed by atoms with E-state index in [0.29, 0.717) is 28.4 Å². The third-order valence-electron chi connectivity index (χ3n) is 2.83. The zero-order valence-electron chi connectivity index (χ0n) is 10.6. The van der Waals surface area contributed by atoms with Crippen LogP contribution in [0.25, 0.3) is 0 Å². The fourth-order valence-corrected chi connectivity index (χ4v) is 2.17. The smallest absolute Gasteiger partial charge is 0.252 e. The summed E-state index contributed by atoms with van der Waals surface area (Å²) in [5.74, 6) is 0.0137. The summed E-state index contributed by atoms with van der Waals surface area (Å²) in [6.45, 7) is 0.497. The fourth-order valence-electron chi connectivity index (χ4n) is 1.77. The second-order valence-corrected chi connectivity index (χ2v) is 5.26. The first-order valence-electron chi connectivity index (χ1n) is 6.11. The summed E-state index contributed by atoms with van der Waals surface area (Å²) < 4.78 is 0. The minimum Gasteiger partial charge on any atom is -0.508 e. The number of rotatable bonds is 4. The van der Waals surface area contributed by atoms with E-state index in [1.165, 1.54) is 0 Å². The Morgan fingerprint density at radius 2 is 1.90 bits per heavy atom. The van der Waals surface area contributed by atoms with Crippen LogP contribution in [0.3, 0.4) is 0 Å². The predicted octanol–water partition coefficient (Wildman–Crippen LogP) is 3.31. The highest BCUT2D eigenvalue weighted by Crippen LogP contribution is 2.19. The van der Waals surface area contributed by atoms with Crippen LogP contribution in [0, 0.1) is 0 Å². The van der Waals surface area contributed by atoms with Crippen LogP contribution in [-0.4, -0.2) is 17.6 Å². The highest BCUT2D eigenvalue weighted by molar-refractivity contribution is 7.80. The largest absolute Gasteiger partial charge is 0.508 e. The number of phenols is 1. The number of aromatic hydroxyl groups is 1. The molecule has 104 valence electrons. The molecule has 20 heavy (non-hydrogen) atoms. The third kappa shape index (κ3) is 3.92. The third-order valence-corrected chi connectivity index (χ3v) is 3.44. The van der Waals surface area contributed by atoms with Gasteiger partial charge in [-0.1, -0.05) is 23.7 Å². The van der Waals surface area contributed by atoms with Crippen molar-refractivity contribution in [2.75, 3.05) is 6.54 Å². The lowest BCUT2D eigenvalue weighted by Crippen LogP contribution is -2.26. The minimum absolute atomic E-state index is 0.218. The summed E-state index contributed by atoms with van der Waals surface area (Å²) in [7, 11) is 0. The molecule has 5 heteroatoms. The molecule has 0 atom stereocenters. The first-order chi connectivity index (χ1) is 9.56. The van der Waals surface area contributed by atoms with Crippen molar-refractivity contribution in [2.45, 2.75) is 11.3 Å². The van der Waals surface area contributed by atoms with E-state index in [1.807, 2.05) is 12.1 Å². The molecule has 2 N–H and O–H groups in total. The molecule has 1 amide bonds. The zero-order chi connectivity index (χ0) is 14.5. The molecular weight excluding hydrogens is 294 g/mol. The molecule has 3 nitrogen and oxygen atoms in total. The molecular formula is C15H14ClNO2S. The van der Waals surface area contributed by atoms with Crippen LogP contribution in [0.2, 0.25) is 5.02 Å². The van der Waals surface area contributed by atoms with Crippen molar-refractivity contribution in [2.24, 2.45) is 0 Å². The molecule has 2 rings (SSSR count). The molecule has 0 aliphatic carbocycles. The van der Waals surface area contributed by atoms with Gasteiger partial charge in [0.1, 0.15) is 5.75 Å². The van der Waals surface area contributed by atoms with Crippen molar-refractivity contribution in [3.05, 3.63) is 58.6 Å². The molecule has 2 aromatic rings. The molecule has 0 unspecified atom stereocenters. The normalized spacial score (nSPS) is 10.3. The van der Waals surface area contributed by atoms with Crippen LogP contribution in [0.1, 0.15) is 15.9 Å². The maximum atomic E-state index is 12.0.